The third kappa shape index (κ3) is 5.74. The first kappa shape index (κ1) is 37.8. The summed E-state index contributed by atoms with van der Waals surface area (Å²) in [4.78, 5) is 69.5. The van der Waals surface area contributed by atoms with Crippen molar-refractivity contribution in [3.05, 3.63) is 35.9 Å². The summed E-state index contributed by atoms with van der Waals surface area (Å²) >= 11 is 18.1. The first-order valence-electron chi connectivity index (χ1n) is 16.0. The summed E-state index contributed by atoms with van der Waals surface area (Å²) in [5, 5.41) is 24.3. The van der Waals surface area contributed by atoms with Crippen LogP contribution in [0.25, 0.3) is 0 Å². The standard InChI is InChI=1S/C34H41Cl3O12/c1-16-19(39)14-33(44)26(47-27(42)18-11-9-8-10-12-18)24-31(7,25(41)23(40)22(16)29(33,3)4)20(13-21-32(24,15-45-21)48-17(2)38)46-28(43)49-30(5,6)34(35,36)37/h8-12,16,19-22,24,26,39,44H,13-15H2,1-7H3/t16?,19-,20-,21+,22?,24-,26-,31+,32-,33+/m0/s1. The van der Waals surface area contributed by atoms with Crippen molar-refractivity contribution in [1.82, 2.24) is 0 Å². The molecular weight excluding hydrogens is 707 g/mol. The molecule has 1 aromatic rings. The molecule has 12 nitrogen and oxygen atoms in total. The second-order valence-corrected chi connectivity index (χ2v) is 17.2. The average molecular weight is 748 g/mol. The van der Waals surface area contributed by atoms with E-state index in [2.05, 4.69) is 0 Å². The van der Waals surface area contributed by atoms with E-state index >= 15 is 0 Å². The lowest BCUT2D eigenvalue weighted by Crippen LogP contribution is -2.82. The second kappa shape index (κ2) is 12.3. The Hall–Kier alpha value is -2.48. The van der Waals surface area contributed by atoms with Gasteiger partial charge in [0, 0.05) is 31.1 Å². The number of rotatable bonds is 5. The summed E-state index contributed by atoms with van der Waals surface area (Å²) in [7, 11) is 0. The Kier molecular flexibility index (Phi) is 9.51. The largest absolute Gasteiger partial charge is 0.509 e. The molecule has 2 bridgehead atoms. The van der Waals surface area contributed by atoms with Crippen LogP contribution < -0.4 is 0 Å². The molecule has 2 unspecified atom stereocenters. The molecule has 15 heteroatoms. The first-order valence-corrected chi connectivity index (χ1v) is 17.1. The van der Waals surface area contributed by atoms with Crippen LogP contribution in [0.1, 0.15) is 71.7 Å². The molecule has 270 valence electrons. The molecule has 1 saturated heterocycles. The SMILES string of the molecule is CC(=O)O[C@@]12CO[C@@H]1C[C@H](OC(=O)OC(C)(C)C(Cl)(Cl)Cl)[C@@]1(C)C(=O)C(=O)C3C(C)[C@@H](O)C[C@@](O)([C@@H](OC(=O)c4ccccc4)[C@H]21)C3(C)C. The number of fused-ring (bicyclic) bond motifs is 5. The maximum absolute atomic E-state index is 14.9. The van der Waals surface area contributed by atoms with Crippen LogP contribution in [-0.4, -0.2) is 91.5 Å². The van der Waals surface area contributed by atoms with Crippen molar-refractivity contribution in [1.29, 1.82) is 0 Å². The number of hydrogen-bond donors (Lipinski definition) is 2. The number of benzene rings is 1. The Morgan fingerprint density at radius 1 is 1.02 bits per heavy atom. The monoisotopic (exact) mass is 746 g/mol. The van der Waals surface area contributed by atoms with E-state index in [-0.39, 0.29) is 25.0 Å². The Morgan fingerprint density at radius 2 is 1.63 bits per heavy atom. The van der Waals surface area contributed by atoms with Gasteiger partial charge in [-0.15, -0.1) is 0 Å². The molecule has 49 heavy (non-hydrogen) atoms. The van der Waals surface area contributed by atoms with Crippen molar-refractivity contribution in [2.24, 2.45) is 28.6 Å². The summed E-state index contributed by atoms with van der Waals surface area (Å²) in [5.41, 5.74) is -9.24. The van der Waals surface area contributed by atoms with E-state index in [1.54, 1.807) is 39.0 Å². The van der Waals surface area contributed by atoms with E-state index in [0.717, 1.165) is 6.92 Å². The molecule has 0 spiro atoms. The van der Waals surface area contributed by atoms with Gasteiger partial charge < -0.3 is 33.9 Å². The van der Waals surface area contributed by atoms with E-state index < -0.39 is 103 Å². The van der Waals surface area contributed by atoms with Crippen molar-refractivity contribution in [2.75, 3.05) is 6.61 Å². The van der Waals surface area contributed by atoms with Crippen molar-refractivity contribution >= 4 is 64.5 Å². The van der Waals surface area contributed by atoms with Gasteiger partial charge in [-0.2, -0.15) is 0 Å². The highest BCUT2D eigenvalue weighted by molar-refractivity contribution is 6.68. The number of carbonyl (C=O) groups is 5. The second-order valence-electron chi connectivity index (χ2n) is 15.0. The minimum Gasteiger partial charge on any atom is -0.455 e. The number of carbonyl (C=O) groups excluding carboxylic acids is 5. The molecule has 5 rings (SSSR count). The van der Waals surface area contributed by atoms with Crippen molar-refractivity contribution in [3.63, 3.8) is 0 Å². The molecule has 1 aliphatic heterocycles. The number of Topliss-reactive ketones (excluding diaryl/α,β-unsaturated/α-hetero) is 2. The number of aliphatic hydroxyl groups excluding tert-OH is 1. The summed E-state index contributed by atoms with van der Waals surface area (Å²) in [6.45, 7) is 9.55. The van der Waals surface area contributed by atoms with Crippen LogP contribution in [0, 0.1) is 28.6 Å². The smallest absolute Gasteiger partial charge is 0.455 e. The highest BCUT2D eigenvalue weighted by atomic mass is 35.6. The molecule has 10 atom stereocenters. The fraction of sp³-hybridized carbons (Fsp3) is 0.676. The fourth-order valence-corrected chi connectivity index (χ4v) is 8.62. The Bertz CT molecular complexity index is 1540. The Labute approximate surface area is 299 Å². The minimum absolute atomic E-state index is 0.0976. The van der Waals surface area contributed by atoms with E-state index in [1.807, 2.05) is 0 Å². The zero-order chi connectivity index (χ0) is 36.7. The topological polar surface area (TPSA) is 172 Å². The summed E-state index contributed by atoms with van der Waals surface area (Å²) in [6.07, 6.45) is -7.67. The lowest BCUT2D eigenvalue weighted by atomic mass is 9.42. The molecule has 3 saturated carbocycles. The number of alkyl halides is 3. The van der Waals surface area contributed by atoms with Crippen LogP contribution in [0.2, 0.25) is 0 Å². The lowest BCUT2D eigenvalue weighted by Gasteiger charge is -2.67. The lowest BCUT2D eigenvalue weighted by molar-refractivity contribution is -0.350. The van der Waals surface area contributed by atoms with Gasteiger partial charge in [0.2, 0.25) is 15.4 Å². The normalized spacial score (nSPS) is 38.4. The van der Waals surface area contributed by atoms with Crippen LogP contribution in [0.3, 0.4) is 0 Å². The van der Waals surface area contributed by atoms with Gasteiger partial charge in [-0.25, -0.2) is 9.59 Å². The molecule has 4 aliphatic rings. The molecule has 3 aliphatic carbocycles. The maximum Gasteiger partial charge on any atom is 0.509 e. The number of ketones is 2. The minimum atomic E-state index is -2.22. The molecule has 1 heterocycles. The van der Waals surface area contributed by atoms with E-state index in [1.165, 1.54) is 32.9 Å². The highest BCUT2D eigenvalue weighted by Gasteiger charge is 2.79. The molecule has 4 fully saturated rings. The van der Waals surface area contributed by atoms with Crippen molar-refractivity contribution in [2.45, 2.75) is 106 Å². The number of hydrogen-bond acceptors (Lipinski definition) is 12. The first-order chi connectivity index (χ1) is 22.5. The summed E-state index contributed by atoms with van der Waals surface area (Å²) in [5.74, 6) is -7.34. The summed E-state index contributed by atoms with van der Waals surface area (Å²) < 4.78 is 27.2. The molecular formula is C34H41Cl3O12. The third-order valence-electron chi connectivity index (χ3n) is 11.5. The van der Waals surface area contributed by atoms with Crippen LogP contribution in [0.15, 0.2) is 30.3 Å². The fourth-order valence-electron chi connectivity index (χ4n) is 8.50. The maximum atomic E-state index is 14.9. The van der Waals surface area contributed by atoms with Gasteiger partial charge in [-0.05, 0) is 38.8 Å². The van der Waals surface area contributed by atoms with Crippen LogP contribution in [0.4, 0.5) is 4.79 Å². The van der Waals surface area contributed by atoms with Gasteiger partial charge in [0.05, 0.1) is 29.6 Å². The molecule has 0 radical (unpaired) electrons. The van der Waals surface area contributed by atoms with Crippen molar-refractivity contribution in [3.8, 4) is 0 Å². The van der Waals surface area contributed by atoms with E-state index in [9.17, 15) is 34.2 Å². The van der Waals surface area contributed by atoms with E-state index in [0.29, 0.717) is 0 Å². The van der Waals surface area contributed by atoms with Crippen LogP contribution in [0.5, 0.6) is 0 Å². The van der Waals surface area contributed by atoms with Gasteiger partial charge >= 0.3 is 18.1 Å². The van der Waals surface area contributed by atoms with Gasteiger partial charge in [-0.1, -0.05) is 73.8 Å². The quantitative estimate of drug-likeness (QED) is 0.187. The molecule has 1 aromatic carbocycles. The molecule has 0 aromatic heterocycles. The summed E-state index contributed by atoms with van der Waals surface area (Å²) in [6, 6.07) is 7.87. The average Bonchev–Trinajstić information content (AvgIpc) is 2.98. The number of esters is 2. The zero-order valence-corrected chi connectivity index (χ0v) is 30.4. The Balaban J connectivity index is 1.76. The number of halogens is 3. The number of ether oxygens (including phenoxy) is 5. The predicted molar refractivity (Wildman–Crippen MR) is 174 cm³/mol. The van der Waals surface area contributed by atoms with Crippen LogP contribution in [-0.2, 0) is 38.1 Å². The zero-order valence-electron chi connectivity index (χ0n) is 28.2. The van der Waals surface area contributed by atoms with E-state index in [4.69, 9.17) is 58.5 Å². The highest BCUT2D eigenvalue weighted by Crippen LogP contribution is 2.64. The Morgan fingerprint density at radius 3 is 2.16 bits per heavy atom. The van der Waals surface area contributed by atoms with Crippen molar-refractivity contribution < 1.29 is 57.9 Å². The molecule has 0 amide bonds. The molecule has 2 N–H and O–H groups in total. The van der Waals surface area contributed by atoms with Crippen LogP contribution >= 0.6 is 34.8 Å². The van der Waals surface area contributed by atoms with Gasteiger partial charge in [0.15, 0.2) is 11.2 Å². The predicted octanol–water partition coefficient (Wildman–Crippen LogP) is 4.54. The number of aliphatic hydroxyl groups is 2. The van der Waals surface area contributed by atoms with Gasteiger partial charge in [0.25, 0.3) is 0 Å². The van der Waals surface area contributed by atoms with Gasteiger partial charge in [-0.3, -0.25) is 14.4 Å². The van der Waals surface area contributed by atoms with Gasteiger partial charge in [0.1, 0.15) is 23.9 Å². The third-order valence-corrected chi connectivity index (χ3v) is 12.8.